The van der Waals surface area contributed by atoms with E-state index in [2.05, 4.69) is 32.4 Å². The maximum absolute atomic E-state index is 5.29. The second-order valence-electron chi connectivity index (χ2n) is 3.02. The summed E-state index contributed by atoms with van der Waals surface area (Å²) in [7, 11) is 0. The molecule has 2 rings (SSSR count). The Labute approximate surface area is 90.9 Å². The van der Waals surface area contributed by atoms with Crippen molar-refractivity contribution < 1.29 is 4.42 Å². The molecule has 0 unspecified atom stereocenters. The summed E-state index contributed by atoms with van der Waals surface area (Å²) in [5, 5.41) is 0. The van der Waals surface area contributed by atoms with Crippen molar-refractivity contribution in [1.29, 1.82) is 0 Å². The summed E-state index contributed by atoms with van der Waals surface area (Å²) < 4.78 is 8.28. The molecule has 0 fully saturated rings. The molecule has 0 aliphatic rings. The summed E-state index contributed by atoms with van der Waals surface area (Å²) >= 11 is 3.40. The van der Waals surface area contributed by atoms with Crippen molar-refractivity contribution in [2.45, 2.75) is 19.9 Å². The summed E-state index contributed by atoms with van der Waals surface area (Å²) in [4.78, 5) is 4.21. The van der Waals surface area contributed by atoms with Gasteiger partial charge in [-0.15, -0.1) is 0 Å². The smallest absolute Gasteiger partial charge is 0.177 e. The lowest BCUT2D eigenvalue weighted by atomic mass is 10.2. The van der Waals surface area contributed by atoms with Gasteiger partial charge in [0.05, 0.1) is 6.26 Å². The fraction of sp³-hybridized carbons (Fsp3) is 0.300. The van der Waals surface area contributed by atoms with Crippen LogP contribution >= 0.6 is 15.9 Å². The summed E-state index contributed by atoms with van der Waals surface area (Å²) in [6.45, 7) is 3.01. The molecule has 2 heterocycles. The van der Waals surface area contributed by atoms with Gasteiger partial charge < -0.3 is 8.98 Å². The molecule has 0 saturated carbocycles. The van der Waals surface area contributed by atoms with Crippen molar-refractivity contribution in [2.75, 3.05) is 0 Å². The Morgan fingerprint density at radius 2 is 2.43 bits per heavy atom. The van der Waals surface area contributed by atoms with Gasteiger partial charge in [-0.2, -0.15) is 0 Å². The van der Waals surface area contributed by atoms with Gasteiger partial charge >= 0.3 is 0 Å². The van der Waals surface area contributed by atoms with Crippen LogP contribution in [-0.4, -0.2) is 9.55 Å². The van der Waals surface area contributed by atoms with E-state index in [-0.39, 0.29) is 0 Å². The van der Waals surface area contributed by atoms with Crippen molar-refractivity contribution in [2.24, 2.45) is 0 Å². The zero-order valence-electron chi connectivity index (χ0n) is 7.90. The first-order valence-electron chi connectivity index (χ1n) is 4.53. The lowest BCUT2D eigenvalue weighted by Crippen LogP contribution is -2.01. The minimum Gasteiger partial charge on any atom is -0.469 e. The Morgan fingerprint density at radius 3 is 3.07 bits per heavy atom. The molecular formula is C10H11BrN2O. The second kappa shape index (κ2) is 4.00. The molecule has 2 aromatic rings. The topological polar surface area (TPSA) is 31.0 Å². The summed E-state index contributed by atoms with van der Waals surface area (Å²) in [6, 6.07) is 3.87. The number of imidazole rings is 1. The van der Waals surface area contributed by atoms with Crippen LogP contribution < -0.4 is 0 Å². The van der Waals surface area contributed by atoms with Crippen LogP contribution in [0.5, 0.6) is 0 Å². The Kier molecular flexibility index (Phi) is 2.72. The van der Waals surface area contributed by atoms with Crippen LogP contribution in [0, 0.1) is 0 Å². The zero-order valence-corrected chi connectivity index (χ0v) is 9.49. The highest BCUT2D eigenvalue weighted by Gasteiger charge is 2.07. The molecule has 74 valence electrons. The van der Waals surface area contributed by atoms with E-state index in [0.717, 1.165) is 29.2 Å². The molecule has 14 heavy (non-hydrogen) atoms. The van der Waals surface area contributed by atoms with Crippen LogP contribution in [0.4, 0.5) is 0 Å². The van der Waals surface area contributed by atoms with E-state index in [4.69, 9.17) is 4.42 Å². The van der Waals surface area contributed by atoms with Gasteiger partial charge in [0.25, 0.3) is 0 Å². The highest BCUT2D eigenvalue weighted by molar-refractivity contribution is 9.10. The molecule has 4 heteroatoms. The van der Waals surface area contributed by atoms with Gasteiger partial charge in [0.15, 0.2) is 4.73 Å². The van der Waals surface area contributed by atoms with Gasteiger partial charge in [0.1, 0.15) is 5.76 Å². The van der Waals surface area contributed by atoms with Gasteiger partial charge in [0, 0.05) is 24.9 Å². The van der Waals surface area contributed by atoms with E-state index in [9.17, 15) is 0 Å². The minimum atomic E-state index is 0.791. The Balaban J connectivity index is 2.25. The lowest BCUT2D eigenvalue weighted by Gasteiger charge is -2.04. The van der Waals surface area contributed by atoms with E-state index >= 15 is 0 Å². The van der Waals surface area contributed by atoms with E-state index in [0.29, 0.717) is 0 Å². The minimum absolute atomic E-state index is 0.791. The number of halogens is 1. The molecule has 2 aromatic heterocycles. The largest absolute Gasteiger partial charge is 0.469 e. The fourth-order valence-electron chi connectivity index (χ4n) is 1.45. The number of hydrogen-bond acceptors (Lipinski definition) is 2. The van der Waals surface area contributed by atoms with E-state index in [1.165, 1.54) is 0 Å². The van der Waals surface area contributed by atoms with E-state index in [1.54, 1.807) is 6.26 Å². The van der Waals surface area contributed by atoms with Gasteiger partial charge in [0.2, 0.25) is 0 Å². The summed E-state index contributed by atoms with van der Waals surface area (Å²) in [5.41, 5.74) is 1.16. The molecule has 0 N–H and O–H groups in total. The Bertz CT molecular complexity index is 406. The van der Waals surface area contributed by atoms with Crippen LogP contribution in [0.1, 0.15) is 18.4 Å². The molecule has 0 aliphatic carbocycles. The van der Waals surface area contributed by atoms with Crippen LogP contribution in [0.25, 0.3) is 0 Å². The number of hydrogen-bond donors (Lipinski definition) is 0. The lowest BCUT2D eigenvalue weighted by molar-refractivity contribution is 0.514. The highest BCUT2D eigenvalue weighted by Crippen LogP contribution is 2.15. The van der Waals surface area contributed by atoms with Crippen molar-refractivity contribution in [3.05, 3.63) is 40.8 Å². The van der Waals surface area contributed by atoms with Gasteiger partial charge in [-0.3, -0.25) is 0 Å². The first kappa shape index (κ1) is 9.52. The molecule has 0 radical (unpaired) electrons. The SMILES string of the molecule is CCn1c(Cc2ccco2)cnc1Br. The highest BCUT2D eigenvalue weighted by atomic mass is 79.9. The third-order valence-corrected chi connectivity index (χ3v) is 2.77. The standard InChI is InChI=1S/C10H11BrN2O/c1-2-13-8(7-12-10(13)11)6-9-4-3-5-14-9/h3-5,7H,2,6H2,1H3. The maximum atomic E-state index is 5.29. The number of furan rings is 1. The molecule has 0 aliphatic heterocycles. The molecular weight excluding hydrogens is 244 g/mol. The first-order valence-corrected chi connectivity index (χ1v) is 5.33. The third-order valence-electron chi connectivity index (χ3n) is 2.14. The fourth-order valence-corrected chi connectivity index (χ4v) is 2.03. The van der Waals surface area contributed by atoms with Crippen molar-refractivity contribution in [1.82, 2.24) is 9.55 Å². The molecule has 0 spiro atoms. The normalized spacial score (nSPS) is 10.7. The van der Waals surface area contributed by atoms with Gasteiger partial charge in [-0.05, 0) is 35.0 Å². The van der Waals surface area contributed by atoms with Crippen LogP contribution in [0.15, 0.2) is 33.7 Å². The molecule has 0 aromatic carbocycles. The predicted octanol–water partition coefficient (Wildman–Crippen LogP) is 2.85. The molecule has 3 nitrogen and oxygen atoms in total. The molecule has 0 bridgehead atoms. The van der Waals surface area contributed by atoms with E-state index < -0.39 is 0 Å². The quantitative estimate of drug-likeness (QED) is 0.844. The van der Waals surface area contributed by atoms with Crippen LogP contribution in [0.2, 0.25) is 0 Å². The maximum Gasteiger partial charge on any atom is 0.177 e. The number of rotatable bonds is 3. The zero-order chi connectivity index (χ0) is 9.97. The molecule has 0 amide bonds. The second-order valence-corrected chi connectivity index (χ2v) is 3.73. The predicted molar refractivity (Wildman–Crippen MR) is 57.1 cm³/mol. The van der Waals surface area contributed by atoms with Crippen molar-refractivity contribution in [3.63, 3.8) is 0 Å². The van der Waals surface area contributed by atoms with Crippen LogP contribution in [-0.2, 0) is 13.0 Å². The average molecular weight is 255 g/mol. The Morgan fingerprint density at radius 1 is 1.57 bits per heavy atom. The number of aromatic nitrogens is 2. The van der Waals surface area contributed by atoms with Crippen LogP contribution in [0.3, 0.4) is 0 Å². The monoisotopic (exact) mass is 254 g/mol. The third kappa shape index (κ3) is 1.75. The Hall–Kier alpha value is -1.03. The number of nitrogens with zero attached hydrogens (tertiary/aromatic N) is 2. The van der Waals surface area contributed by atoms with Gasteiger partial charge in [-0.25, -0.2) is 4.98 Å². The summed E-state index contributed by atoms with van der Waals surface area (Å²) in [6.07, 6.45) is 4.35. The average Bonchev–Trinajstić information content (AvgIpc) is 2.77. The van der Waals surface area contributed by atoms with Gasteiger partial charge in [-0.1, -0.05) is 0 Å². The van der Waals surface area contributed by atoms with Crippen molar-refractivity contribution >= 4 is 15.9 Å². The summed E-state index contributed by atoms with van der Waals surface area (Å²) in [5.74, 6) is 0.965. The van der Waals surface area contributed by atoms with E-state index in [1.807, 2.05) is 18.3 Å². The molecule has 0 saturated heterocycles. The van der Waals surface area contributed by atoms with Crippen molar-refractivity contribution in [3.8, 4) is 0 Å². The molecule has 0 atom stereocenters. The first-order chi connectivity index (χ1) is 6.81.